The summed E-state index contributed by atoms with van der Waals surface area (Å²) in [5.74, 6) is 0.0907. The van der Waals surface area contributed by atoms with Crippen molar-refractivity contribution in [3.05, 3.63) is 63.9 Å². The van der Waals surface area contributed by atoms with E-state index >= 15 is 0 Å². The van der Waals surface area contributed by atoms with E-state index < -0.39 is 0 Å². The number of carbonyl (C=O) groups excluding carboxylic acids is 1. The number of rotatable bonds is 3. The first-order chi connectivity index (χ1) is 10.2. The van der Waals surface area contributed by atoms with Crippen LogP contribution in [0.3, 0.4) is 0 Å². The summed E-state index contributed by atoms with van der Waals surface area (Å²) in [5, 5.41) is 2.13. The Morgan fingerprint density at radius 1 is 1.24 bits per heavy atom. The molecule has 108 valence electrons. The SMILES string of the molecule is CN(Cc1ccccc1)C(=O)C=C1CCCc2sccc21. The first-order valence-corrected chi connectivity index (χ1v) is 8.18. The van der Waals surface area contributed by atoms with E-state index in [-0.39, 0.29) is 5.91 Å². The molecule has 0 saturated carbocycles. The van der Waals surface area contributed by atoms with Gasteiger partial charge in [-0.1, -0.05) is 30.3 Å². The molecule has 1 aromatic heterocycles. The molecule has 0 atom stereocenters. The molecular weight excluding hydrogens is 278 g/mol. The molecule has 0 aliphatic heterocycles. The fraction of sp³-hybridized carbons (Fsp3) is 0.278. The number of aryl methyl sites for hydroxylation is 1. The van der Waals surface area contributed by atoms with E-state index in [1.165, 1.54) is 16.0 Å². The highest BCUT2D eigenvalue weighted by molar-refractivity contribution is 7.10. The van der Waals surface area contributed by atoms with Crippen molar-refractivity contribution in [3.8, 4) is 0 Å². The Morgan fingerprint density at radius 2 is 2.05 bits per heavy atom. The summed E-state index contributed by atoms with van der Waals surface area (Å²) in [5.41, 5.74) is 3.64. The molecule has 0 bridgehead atoms. The molecule has 1 aromatic carbocycles. The van der Waals surface area contributed by atoms with Crippen LogP contribution in [0.4, 0.5) is 0 Å². The Bertz CT molecular complexity index is 657. The van der Waals surface area contributed by atoms with Crippen molar-refractivity contribution in [1.29, 1.82) is 0 Å². The lowest BCUT2D eigenvalue weighted by Gasteiger charge is -2.18. The van der Waals surface area contributed by atoms with Gasteiger partial charge in [-0.25, -0.2) is 0 Å². The molecule has 0 saturated heterocycles. The van der Waals surface area contributed by atoms with Crippen LogP contribution in [0.2, 0.25) is 0 Å². The molecule has 0 fully saturated rings. The van der Waals surface area contributed by atoms with Crippen molar-refractivity contribution in [2.75, 3.05) is 7.05 Å². The molecule has 2 aromatic rings. The van der Waals surface area contributed by atoms with Crippen molar-refractivity contribution >= 4 is 22.8 Å². The summed E-state index contributed by atoms with van der Waals surface area (Å²) in [6.07, 6.45) is 5.13. The van der Waals surface area contributed by atoms with Crippen molar-refractivity contribution in [3.63, 3.8) is 0 Å². The molecule has 0 unspecified atom stereocenters. The lowest BCUT2D eigenvalue weighted by Crippen LogP contribution is -2.24. The minimum absolute atomic E-state index is 0.0907. The van der Waals surface area contributed by atoms with Gasteiger partial charge in [0.2, 0.25) is 5.91 Å². The van der Waals surface area contributed by atoms with Crippen LogP contribution in [-0.2, 0) is 17.8 Å². The largest absolute Gasteiger partial charge is 0.338 e. The normalized spacial score (nSPS) is 15.8. The molecular formula is C18H19NOS. The highest BCUT2D eigenvalue weighted by atomic mass is 32.1. The average Bonchev–Trinajstić information content (AvgIpc) is 2.98. The monoisotopic (exact) mass is 297 g/mol. The van der Waals surface area contributed by atoms with Crippen LogP contribution in [0, 0.1) is 0 Å². The second kappa shape index (κ2) is 6.27. The number of fused-ring (bicyclic) bond motifs is 1. The van der Waals surface area contributed by atoms with Crippen LogP contribution in [0.1, 0.15) is 28.8 Å². The van der Waals surface area contributed by atoms with Crippen LogP contribution >= 0.6 is 11.3 Å². The van der Waals surface area contributed by atoms with E-state index in [1.807, 2.05) is 31.3 Å². The molecule has 1 heterocycles. The van der Waals surface area contributed by atoms with Crippen LogP contribution in [-0.4, -0.2) is 17.9 Å². The summed E-state index contributed by atoms with van der Waals surface area (Å²) in [7, 11) is 1.86. The smallest absolute Gasteiger partial charge is 0.246 e. The van der Waals surface area contributed by atoms with Gasteiger partial charge >= 0.3 is 0 Å². The number of amides is 1. The number of hydrogen-bond acceptors (Lipinski definition) is 2. The third kappa shape index (κ3) is 3.24. The van der Waals surface area contributed by atoms with E-state index in [0.717, 1.165) is 24.8 Å². The fourth-order valence-corrected chi connectivity index (χ4v) is 3.70. The van der Waals surface area contributed by atoms with Crippen LogP contribution < -0.4 is 0 Å². The van der Waals surface area contributed by atoms with Gasteiger partial charge in [0.25, 0.3) is 0 Å². The standard InChI is InChI=1S/C18H19NOS/c1-19(13-14-6-3-2-4-7-14)18(20)12-15-8-5-9-17-16(15)10-11-21-17/h2-4,6-7,10-12H,5,8-9,13H2,1H3. The lowest BCUT2D eigenvalue weighted by atomic mass is 9.93. The molecule has 1 aliphatic rings. The van der Waals surface area contributed by atoms with Crippen molar-refractivity contribution in [1.82, 2.24) is 4.90 Å². The van der Waals surface area contributed by atoms with E-state index in [9.17, 15) is 4.79 Å². The maximum atomic E-state index is 12.4. The molecule has 3 rings (SSSR count). The minimum atomic E-state index is 0.0907. The third-order valence-corrected chi connectivity index (χ3v) is 4.86. The van der Waals surface area contributed by atoms with Gasteiger partial charge in [-0.15, -0.1) is 11.3 Å². The number of likely N-dealkylation sites (N-methyl/N-ethyl adjacent to an activating group) is 1. The Morgan fingerprint density at radius 3 is 2.86 bits per heavy atom. The van der Waals surface area contributed by atoms with Gasteiger partial charge in [-0.05, 0) is 47.4 Å². The molecule has 21 heavy (non-hydrogen) atoms. The highest BCUT2D eigenvalue weighted by Gasteiger charge is 2.17. The van der Waals surface area contributed by atoms with Gasteiger partial charge in [-0.3, -0.25) is 4.79 Å². The summed E-state index contributed by atoms with van der Waals surface area (Å²) in [4.78, 5) is 15.6. The highest BCUT2D eigenvalue weighted by Crippen LogP contribution is 2.34. The maximum Gasteiger partial charge on any atom is 0.246 e. The third-order valence-electron chi connectivity index (χ3n) is 3.88. The molecule has 0 N–H and O–H groups in total. The molecule has 2 nitrogen and oxygen atoms in total. The Balaban J connectivity index is 1.73. The number of hydrogen-bond donors (Lipinski definition) is 0. The van der Waals surface area contributed by atoms with Crippen LogP contribution in [0.25, 0.3) is 5.57 Å². The van der Waals surface area contributed by atoms with Crippen LogP contribution in [0.5, 0.6) is 0 Å². The van der Waals surface area contributed by atoms with Gasteiger partial charge < -0.3 is 4.90 Å². The van der Waals surface area contributed by atoms with Gasteiger partial charge in [-0.2, -0.15) is 0 Å². The fourth-order valence-electron chi connectivity index (χ4n) is 2.74. The van der Waals surface area contributed by atoms with Gasteiger partial charge in [0.15, 0.2) is 0 Å². The molecule has 1 amide bonds. The van der Waals surface area contributed by atoms with Gasteiger partial charge in [0.1, 0.15) is 0 Å². The number of thiophene rings is 1. The lowest BCUT2D eigenvalue weighted by molar-refractivity contribution is -0.125. The zero-order valence-electron chi connectivity index (χ0n) is 12.2. The number of benzene rings is 1. The Hall–Kier alpha value is -1.87. The topological polar surface area (TPSA) is 20.3 Å². The molecule has 0 radical (unpaired) electrons. The summed E-state index contributed by atoms with van der Waals surface area (Å²) < 4.78 is 0. The predicted molar refractivity (Wildman–Crippen MR) is 88.2 cm³/mol. The second-order valence-corrected chi connectivity index (χ2v) is 6.46. The first kappa shape index (κ1) is 14.1. The van der Waals surface area contributed by atoms with E-state index in [2.05, 4.69) is 23.6 Å². The van der Waals surface area contributed by atoms with Gasteiger partial charge in [0, 0.05) is 24.5 Å². The van der Waals surface area contributed by atoms with Crippen molar-refractivity contribution in [2.24, 2.45) is 0 Å². The Labute approximate surface area is 129 Å². The summed E-state index contributed by atoms with van der Waals surface area (Å²) in [6, 6.07) is 12.3. The molecule has 3 heteroatoms. The van der Waals surface area contributed by atoms with E-state index in [4.69, 9.17) is 0 Å². The van der Waals surface area contributed by atoms with E-state index in [1.54, 1.807) is 16.2 Å². The van der Waals surface area contributed by atoms with Crippen molar-refractivity contribution in [2.45, 2.75) is 25.8 Å². The molecule has 0 spiro atoms. The second-order valence-electron chi connectivity index (χ2n) is 5.46. The zero-order valence-corrected chi connectivity index (χ0v) is 13.0. The maximum absolute atomic E-state index is 12.4. The van der Waals surface area contributed by atoms with Crippen LogP contribution in [0.15, 0.2) is 47.9 Å². The average molecular weight is 297 g/mol. The minimum Gasteiger partial charge on any atom is -0.338 e. The number of allylic oxidation sites excluding steroid dienone is 1. The quantitative estimate of drug-likeness (QED) is 0.780. The zero-order chi connectivity index (χ0) is 14.7. The summed E-state index contributed by atoms with van der Waals surface area (Å²) in [6.45, 7) is 0.653. The number of carbonyl (C=O) groups is 1. The Kier molecular flexibility index (Phi) is 4.20. The van der Waals surface area contributed by atoms with E-state index in [0.29, 0.717) is 6.54 Å². The van der Waals surface area contributed by atoms with Gasteiger partial charge in [0.05, 0.1) is 0 Å². The van der Waals surface area contributed by atoms with Crippen molar-refractivity contribution < 1.29 is 4.79 Å². The molecule has 1 aliphatic carbocycles. The predicted octanol–water partition coefficient (Wildman–Crippen LogP) is 4.13. The number of nitrogens with zero attached hydrogens (tertiary/aromatic N) is 1. The first-order valence-electron chi connectivity index (χ1n) is 7.30. The summed E-state index contributed by atoms with van der Waals surface area (Å²) >= 11 is 1.80.